The maximum absolute atomic E-state index is 5.54. The van der Waals surface area contributed by atoms with Crippen molar-refractivity contribution in [1.82, 2.24) is 24.6 Å². The van der Waals surface area contributed by atoms with E-state index in [1.807, 2.05) is 12.1 Å². The summed E-state index contributed by atoms with van der Waals surface area (Å²) >= 11 is 0. The van der Waals surface area contributed by atoms with E-state index in [1.165, 1.54) is 74.1 Å². The molecule has 1 aliphatic heterocycles. The zero-order chi connectivity index (χ0) is 27.3. The lowest BCUT2D eigenvalue weighted by Gasteiger charge is -2.42. The van der Waals surface area contributed by atoms with E-state index in [-0.39, 0.29) is 0 Å². The highest BCUT2D eigenvalue weighted by molar-refractivity contribution is 5.85. The molecule has 1 saturated carbocycles. The third-order valence-corrected chi connectivity index (χ3v) is 8.94. The minimum atomic E-state index is 0.503. The standard InChI is InChI=1S/C33H43N5O2/c1-39-21-5-15-36-17-19-37(20-18-36)29-9-11-30(12-10-29)38-16-14-32(35-38)25-8-13-31-27(22-25)24-28(34-31)23-26-6-3-4-7-33(26)40-2/h3-4,6-8,13-14,16,22,24,29-30,34H,5,9-12,15,17-21,23H2,1-2H3. The van der Waals surface area contributed by atoms with Gasteiger partial charge < -0.3 is 19.4 Å². The fourth-order valence-electron chi connectivity index (χ4n) is 6.67. The maximum Gasteiger partial charge on any atom is 0.122 e. The zero-order valence-electron chi connectivity index (χ0n) is 24.0. The molecule has 4 aromatic rings. The van der Waals surface area contributed by atoms with E-state index in [9.17, 15) is 0 Å². The summed E-state index contributed by atoms with van der Waals surface area (Å²) in [5.41, 5.74) is 5.76. The first-order chi connectivity index (χ1) is 19.7. The fraction of sp³-hybridized carbons (Fsp3) is 0.485. The molecule has 0 unspecified atom stereocenters. The van der Waals surface area contributed by atoms with Crippen molar-refractivity contribution in [3.8, 4) is 17.0 Å². The molecule has 1 saturated heterocycles. The van der Waals surface area contributed by atoms with Gasteiger partial charge in [-0.2, -0.15) is 5.10 Å². The molecule has 0 radical (unpaired) electrons. The van der Waals surface area contributed by atoms with Crippen LogP contribution in [-0.2, 0) is 11.2 Å². The average molecular weight is 542 g/mol. The molecule has 2 aromatic carbocycles. The van der Waals surface area contributed by atoms with Crippen LogP contribution in [0.5, 0.6) is 5.75 Å². The molecule has 7 nitrogen and oxygen atoms in total. The minimum Gasteiger partial charge on any atom is -0.496 e. The Hall–Kier alpha value is -3.13. The van der Waals surface area contributed by atoms with E-state index in [2.05, 4.69) is 68.1 Å². The van der Waals surface area contributed by atoms with Crippen LogP contribution in [0.2, 0.25) is 0 Å². The molecule has 2 fully saturated rings. The fourth-order valence-corrected chi connectivity index (χ4v) is 6.67. The van der Waals surface area contributed by atoms with Crippen molar-refractivity contribution in [3.05, 3.63) is 72.1 Å². The van der Waals surface area contributed by atoms with E-state index >= 15 is 0 Å². The highest BCUT2D eigenvalue weighted by atomic mass is 16.5. The molecule has 0 bridgehead atoms. The Bertz CT molecular complexity index is 1380. The van der Waals surface area contributed by atoms with E-state index in [0.29, 0.717) is 6.04 Å². The van der Waals surface area contributed by atoms with Gasteiger partial charge in [0.15, 0.2) is 0 Å². The molecule has 6 rings (SSSR count). The molecule has 1 aliphatic carbocycles. The van der Waals surface area contributed by atoms with Crippen molar-refractivity contribution in [3.63, 3.8) is 0 Å². The molecule has 40 heavy (non-hydrogen) atoms. The first kappa shape index (κ1) is 27.1. The molecule has 7 heteroatoms. The number of fused-ring (bicyclic) bond motifs is 1. The van der Waals surface area contributed by atoms with Gasteiger partial charge in [0.05, 0.1) is 18.8 Å². The van der Waals surface area contributed by atoms with Gasteiger partial charge in [-0.1, -0.05) is 24.3 Å². The Kier molecular flexibility index (Phi) is 8.51. The van der Waals surface area contributed by atoms with E-state index in [0.717, 1.165) is 49.0 Å². The van der Waals surface area contributed by atoms with Crippen LogP contribution in [0, 0.1) is 0 Å². The Balaban J connectivity index is 1.05. The van der Waals surface area contributed by atoms with E-state index in [4.69, 9.17) is 14.6 Å². The number of hydrogen-bond acceptors (Lipinski definition) is 5. The Morgan fingerprint density at radius 2 is 1.70 bits per heavy atom. The number of methoxy groups -OCH3 is 2. The number of aromatic nitrogens is 3. The van der Waals surface area contributed by atoms with Gasteiger partial charge in [0.2, 0.25) is 0 Å². The second-order valence-electron chi connectivity index (χ2n) is 11.5. The monoisotopic (exact) mass is 541 g/mol. The first-order valence-corrected chi connectivity index (χ1v) is 14.9. The number of nitrogens with one attached hydrogen (secondary N) is 1. The van der Waals surface area contributed by atoms with Crippen LogP contribution < -0.4 is 4.74 Å². The number of H-pyrrole nitrogens is 1. The van der Waals surface area contributed by atoms with Gasteiger partial charge in [-0.3, -0.25) is 9.58 Å². The summed E-state index contributed by atoms with van der Waals surface area (Å²) in [4.78, 5) is 8.92. The normalized spacial score (nSPS) is 20.8. The third-order valence-electron chi connectivity index (χ3n) is 8.94. The summed E-state index contributed by atoms with van der Waals surface area (Å²) in [7, 11) is 3.52. The lowest BCUT2D eigenvalue weighted by Crippen LogP contribution is -2.51. The second-order valence-corrected chi connectivity index (χ2v) is 11.5. The molecule has 0 spiro atoms. The number of rotatable bonds is 10. The van der Waals surface area contributed by atoms with Crippen LogP contribution in [0.15, 0.2) is 60.8 Å². The number of ether oxygens (including phenoxy) is 2. The van der Waals surface area contributed by atoms with Crippen LogP contribution in [0.25, 0.3) is 22.2 Å². The first-order valence-electron chi connectivity index (χ1n) is 14.9. The maximum atomic E-state index is 5.54. The van der Waals surface area contributed by atoms with Gasteiger partial charge >= 0.3 is 0 Å². The van der Waals surface area contributed by atoms with Gasteiger partial charge in [-0.25, -0.2) is 0 Å². The van der Waals surface area contributed by atoms with Crippen molar-refractivity contribution in [2.45, 2.75) is 50.6 Å². The Labute approximate surface area is 238 Å². The molecule has 1 N–H and O–H groups in total. The van der Waals surface area contributed by atoms with Crippen LogP contribution in [0.4, 0.5) is 0 Å². The number of hydrogen-bond donors (Lipinski definition) is 1. The van der Waals surface area contributed by atoms with Crippen LogP contribution in [0.1, 0.15) is 49.4 Å². The Morgan fingerprint density at radius 3 is 2.50 bits per heavy atom. The van der Waals surface area contributed by atoms with E-state index in [1.54, 1.807) is 14.2 Å². The second kappa shape index (κ2) is 12.6. The summed E-state index contributed by atoms with van der Waals surface area (Å²) in [6.07, 6.45) is 9.11. The van der Waals surface area contributed by atoms with Crippen LogP contribution in [-0.4, -0.2) is 84.2 Å². The van der Waals surface area contributed by atoms with Gasteiger partial charge in [0.1, 0.15) is 5.75 Å². The molecule has 2 aliphatic rings. The van der Waals surface area contributed by atoms with Gasteiger partial charge in [0, 0.05) is 87.3 Å². The highest BCUT2D eigenvalue weighted by Gasteiger charge is 2.29. The van der Waals surface area contributed by atoms with Gasteiger partial charge in [0.25, 0.3) is 0 Å². The number of para-hydroxylation sites is 1. The summed E-state index contributed by atoms with van der Waals surface area (Å²) < 4.78 is 13.0. The highest BCUT2D eigenvalue weighted by Crippen LogP contribution is 2.33. The Morgan fingerprint density at radius 1 is 0.900 bits per heavy atom. The molecule has 0 amide bonds. The van der Waals surface area contributed by atoms with Gasteiger partial charge in [-0.15, -0.1) is 0 Å². The van der Waals surface area contributed by atoms with Crippen molar-refractivity contribution < 1.29 is 9.47 Å². The summed E-state index contributed by atoms with van der Waals surface area (Å²) in [6.45, 7) is 6.83. The molecule has 0 atom stereocenters. The molecule has 212 valence electrons. The largest absolute Gasteiger partial charge is 0.496 e. The van der Waals surface area contributed by atoms with Crippen LogP contribution >= 0.6 is 0 Å². The molecular weight excluding hydrogens is 498 g/mol. The van der Waals surface area contributed by atoms with Crippen molar-refractivity contribution in [2.75, 3.05) is 53.6 Å². The molecular formula is C33H43N5O2. The topological polar surface area (TPSA) is 58.5 Å². The number of benzene rings is 2. The number of piperazine rings is 1. The number of aromatic amines is 1. The molecule has 2 aromatic heterocycles. The smallest absolute Gasteiger partial charge is 0.122 e. The van der Waals surface area contributed by atoms with Crippen molar-refractivity contribution in [1.29, 1.82) is 0 Å². The summed E-state index contributed by atoms with van der Waals surface area (Å²) in [6, 6.07) is 20.5. The lowest BCUT2D eigenvalue weighted by molar-refractivity contribution is 0.0659. The molecule has 3 heterocycles. The minimum absolute atomic E-state index is 0.503. The SMILES string of the molecule is COCCCN1CCN(C2CCC(n3ccc(-c4ccc5[nH]c(Cc6ccccc6OC)cc5c4)n3)CC2)CC1. The zero-order valence-corrected chi connectivity index (χ0v) is 24.0. The number of nitrogens with zero attached hydrogens (tertiary/aromatic N) is 4. The summed E-state index contributed by atoms with van der Waals surface area (Å²) in [5.74, 6) is 0.928. The van der Waals surface area contributed by atoms with Crippen LogP contribution in [0.3, 0.4) is 0 Å². The summed E-state index contributed by atoms with van der Waals surface area (Å²) in [5, 5.41) is 6.27. The third kappa shape index (κ3) is 6.12. The predicted octanol–water partition coefficient (Wildman–Crippen LogP) is 5.77. The lowest BCUT2D eigenvalue weighted by atomic mass is 9.90. The van der Waals surface area contributed by atoms with Crippen molar-refractivity contribution in [2.24, 2.45) is 0 Å². The van der Waals surface area contributed by atoms with E-state index < -0.39 is 0 Å². The van der Waals surface area contributed by atoms with Crippen molar-refractivity contribution >= 4 is 10.9 Å². The quantitative estimate of drug-likeness (QED) is 0.258. The average Bonchev–Trinajstić information content (AvgIpc) is 3.65. The van der Waals surface area contributed by atoms with Gasteiger partial charge in [-0.05, 0) is 68.0 Å². The predicted molar refractivity (Wildman–Crippen MR) is 161 cm³/mol.